The topological polar surface area (TPSA) is 147 Å². The van der Waals surface area contributed by atoms with E-state index in [2.05, 4.69) is 25.2 Å². The van der Waals surface area contributed by atoms with Crippen LogP contribution < -0.4 is 20.2 Å². The Morgan fingerprint density at radius 2 is 1.95 bits per heavy atom. The molecule has 0 saturated heterocycles. The fraction of sp³-hybridized carbons (Fsp3) is 0.333. The van der Waals surface area contributed by atoms with E-state index >= 15 is 8.78 Å². The highest BCUT2D eigenvalue weighted by Crippen LogP contribution is 2.41. The first kappa shape index (κ1) is 31.3. The van der Waals surface area contributed by atoms with Crippen molar-refractivity contribution in [3.63, 3.8) is 0 Å². The van der Waals surface area contributed by atoms with Crippen LogP contribution in [0.2, 0.25) is 0 Å². The molecule has 1 aliphatic rings. The molecule has 0 atom stereocenters. The summed E-state index contributed by atoms with van der Waals surface area (Å²) in [4.78, 5) is 22.3. The van der Waals surface area contributed by atoms with E-state index in [1.807, 2.05) is 13.8 Å². The summed E-state index contributed by atoms with van der Waals surface area (Å²) < 4.78 is 62.4. The van der Waals surface area contributed by atoms with Gasteiger partial charge in [-0.15, -0.1) is 0 Å². The molecular formula is C30H34F2N6O5S. The third kappa shape index (κ3) is 7.50. The molecule has 1 fully saturated rings. The normalized spacial score (nSPS) is 13.4. The summed E-state index contributed by atoms with van der Waals surface area (Å²) in [6.07, 6.45) is 3.38. The zero-order chi connectivity index (χ0) is 31.4. The van der Waals surface area contributed by atoms with Gasteiger partial charge in [-0.3, -0.25) is 14.4 Å². The lowest BCUT2D eigenvalue weighted by atomic mass is 10.1. The van der Waals surface area contributed by atoms with Gasteiger partial charge in [0.15, 0.2) is 5.82 Å². The molecule has 0 unspecified atom stereocenters. The number of carbonyl (C=O) groups excluding carboxylic acids is 1. The molecule has 0 aliphatic heterocycles. The van der Waals surface area contributed by atoms with Crippen LogP contribution in [-0.2, 0) is 21.6 Å². The van der Waals surface area contributed by atoms with E-state index in [0.717, 1.165) is 18.4 Å². The Morgan fingerprint density at radius 1 is 1.16 bits per heavy atom. The highest BCUT2D eigenvalue weighted by atomic mass is 32.2. The monoisotopic (exact) mass is 628 g/mol. The standard InChI is InChI=1S/C30H34F2N6O5S/c1-18(2)15-34-44(41,42)37-22-5-3-4-19(12-22)16-38-17-33-29-26(38)14-23(30(40)36-43-11-10-39)28(27(29)32)35-25-9-8-21(13-24(25)31)20-6-7-20/h3-5,8-9,12-14,17-18,20,34-35,37,39H,6-7,10-11,15-16H2,1-2H3,(H,36,40). The van der Waals surface area contributed by atoms with Crippen molar-refractivity contribution in [2.75, 3.05) is 29.8 Å². The van der Waals surface area contributed by atoms with E-state index in [4.69, 9.17) is 9.94 Å². The number of aliphatic hydroxyl groups excluding tert-OH is 1. The maximum atomic E-state index is 16.0. The molecule has 5 rings (SSSR count). The number of amides is 1. The molecule has 1 amide bonds. The van der Waals surface area contributed by atoms with E-state index in [0.29, 0.717) is 17.2 Å². The number of nitrogens with zero attached hydrogens (tertiary/aromatic N) is 2. The third-order valence-corrected chi connectivity index (χ3v) is 8.03. The van der Waals surface area contributed by atoms with Crippen molar-refractivity contribution in [1.29, 1.82) is 0 Å². The quantitative estimate of drug-likeness (QED) is 0.102. The number of hydroxylamine groups is 1. The van der Waals surface area contributed by atoms with E-state index in [9.17, 15) is 13.2 Å². The minimum atomic E-state index is -3.79. The highest BCUT2D eigenvalue weighted by Gasteiger charge is 2.26. The summed E-state index contributed by atoms with van der Waals surface area (Å²) in [6, 6.07) is 12.8. The van der Waals surface area contributed by atoms with Gasteiger partial charge in [0, 0.05) is 13.1 Å². The number of hydrogen-bond donors (Lipinski definition) is 5. The number of halogens is 2. The van der Waals surface area contributed by atoms with Crippen LogP contribution in [0.3, 0.4) is 0 Å². The average molecular weight is 629 g/mol. The summed E-state index contributed by atoms with van der Waals surface area (Å²) in [7, 11) is -3.79. The molecule has 1 aromatic heterocycles. The van der Waals surface area contributed by atoms with Crippen molar-refractivity contribution >= 4 is 44.2 Å². The summed E-state index contributed by atoms with van der Waals surface area (Å²) in [5, 5.41) is 11.7. The summed E-state index contributed by atoms with van der Waals surface area (Å²) >= 11 is 0. The minimum absolute atomic E-state index is 0.0143. The lowest BCUT2D eigenvalue weighted by Gasteiger charge is -2.16. The van der Waals surface area contributed by atoms with Crippen LogP contribution in [0.25, 0.3) is 11.0 Å². The van der Waals surface area contributed by atoms with Gasteiger partial charge >= 0.3 is 0 Å². The number of benzene rings is 3. The van der Waals surface area contributed by atoms with Crippen LogP contribution in [0.4, 0.5) is 25.8 Å². The summed E-state index contributed by atoms with van der Waals surface area (Å²) in [5.74, 6) is -1.84. The van der Waals surface area contributed by atoms with E-state index < -0.39 is 27.8 Å². The molecule has 3 aromatic carbocycles. The smallest absolute Gasteiger partial charge is 0.299 e. The molecule has 14 heteroatoms. The number of aliphatic hydroxyl groups is 1. The Morgan fingerprint density at radius 3 is 2.66 bits per heavy atom. The van der Waals surface area contributed by atoms with Crippen LogP contribution in [0, 0.1) is 17.6 Å². The molecule has 1 aliphatic carbocycles. The van der Waals surface area contributed by atoms with Gasteiger partial charge in [-0.2, -0.15) is 13.1 Å². The van der Waals surface area contributed by atoms with Crippen molar-refractivity contribution in [2.24, 2.45) is 5.92 Å². The number of hydrogen-bond acceptors (Lipinski definition) is 7. The SMILES string of the molecule is CC(C)CNS(=O)(=O)Nc1cccc(Cn2cnc3c(F)c(Nc4ccc(C5CC5)cc4F)c(C(=O)NOCCO)cc32)c1. The molecule has 1 saturated carbocycles. The van der Waals surface area contributed by atoms with Gasteiger partial charge in [0.05, 0.1) is 47.7 Å². The van der Waals surface area contributed by atoms with Gasteiger partial charge in [0.2, 0.25) is 0 Å². The summed E-state index contributed by atoms with van der Waals surface area (Å²) in [6.45, 7) is 3.67. The largest absolute Gasteiger partial charge is 0.394 e. The highest BCUT2D eigenvalue weighted by molar-refractivity contribution is 7.90. The van der Waals surface area contributed by atoms with Gasteiger partial charge in [-0.25, -0.2) is 19.2 Å². The second kappa shape index (κ2) is 13.3. The Hall–Kier alpha value is -4.11. The van der Waals surface area contributed by atoms with Crippen LogP contribution in [0.1, 0.15) is 54.1 Å². The number of carbonyl (C=O) groups is 1. The zero-order valence-corrected chi connectivity index (χ0v) is 25.0. The second-order valence-corrected chi connectivity index (χ2v) is 12.5. The van der Waals surface area contributed by atoms with E-state index in [1.54, 1.807) is 34.9 Å². The number of fused-ring (bicyclic) bond motifs is 1. The van der Waals surface area contributed by atoms with Crippen LogP contribution >= 0.6 is 0 Å². The number of anilines is 3. The molecule has 4 aromatic rings. The third-order valence-electron chi connectivity index (χ3n) is 6.97. The molecule has 11 nitrogen and oxygen atoms in total. The van der Waals surface area contributed by atoms with E-state index in [-0.39, 0.29) is 60.2 Å². The predicted octanol–water partition coefficient (Wildman–Crippen LogP) is 4.54. The minimum Gasteiger partial charge on any atom is -0.394 e. The van der Waals surface area contributed by atoms with Crippen molar-refractivity contribution in [2.45, 2.75) is 39.2 Å². The number of imidazole rings is 1. The number of aromatic nitrogens is 2. The number of rotatable bonds is 14. The molecule has 44 heavy (non-hydrogen) atoms. The molecule has 0 spiro atoms. The number of nitrogens with one attached hydrogen (secondary N) is 4. The first-order valence-electron chi connectivity index (χ1n) is 14.2. The first-order chi connectivity index (χ1) is 21.0. The molecule has 1 heterocycles. The van der Waals surface area contributed by atoms with Crippen molar-refractivity contribution in [3.8, 4) is 0 Å². The van der Waals surface area contributed by atoms with Crippen LogP contribution in [0.5, 0.6) is 0 Å². The van der Waals surface area contributed by atoms with Gasteiger partial charge in [0.1, 0.15) is 11.3 Å². The van der Waals surface area contributed by atoms with Crippen LogP contribution in [-0.4, -0.2) is 48.7 Å². The lowest BCUT2D eigenvalue weighted by Crippen LogP contribution is -2.32. The Bertz CT molecular complexity index is 1780. The Labute approximate surface area is 253 Å². The predicted molar refractivity (Wildman–Crippen MR) is 163 cm³/mol. The van der Waals surface area contributed by atoms with Crippen LogP contribution in [0.15, 0.2) is 54.9 Å². The average Bonchev–Trinajstić information content (AvgIpc) is 3.75. The van der Waals surface area contributed by atoms with Gasteiger partial charge < -0.3 is 15.0 Å². The maximum Gasteiger partial charge on any atom is 0.299 e. The van der Waals surface area contributed by atoms with Gasteiger partial charge in [-0.1, -0.05) is 32.0 Å². The molecule has 5 N–H and O–H groups in total. The van der Waals surface area contributed by atoms with E-state index in [1.165, 1.54) is 24.5 Å². The van der Waals surface area contributed by atoms with Crippen molar-refractivity contribution < 1.29 is 31.9 Å². The molecular weight excluding hydrogens is 594 g/mol. The zero-order valence-electron chi connectivity index (χ0n) is 24.2. The first-order valence-corrected chi connectivity index (χ1v) is 15.7. The fourth-order valence-electron chi connectivity index (χ4n) is 4.64. The van der Waals surface area contributed by atoms with Crippen molar-refractivity contribution in [1.82, 2.24) is 19.8 Å². The second-order valence-electron chi connectivity index (χ2n) is 11.0. The van der Waals surface area contributed by atoms with Gasteiger partial charge in [0.25, 0.3) is 16.1 Å². The van der Waals surface area contributed by atoms with Crippen molar-refractivity contribution in [3.05, 3.63) is 83.2 Å². The van der Waals surface area contributed by atoms with Gasteiger partial charge in [-0.05, 0) is 66.1 Å². The Balaban J connectivity index is 1.46. The molecule has 234 valence electrons. The maximum absolute atomic E-state index is 16.0. The molecule has 0 radical (unpaired) electrons. The Kier molecular flexibility index (Phi) is 9.44. The fourth-order valence-corrected chi connectivity index (χ4v) is 5.70. The summed E-state index contributed by atoms with van der Waals surface area (Å²) in [5.41, 5.74) is 3.74. The molecule has 0 bridgehead atoms. The lowest BCUT2D eigenvalue weighted by molar-refractivity contribution is 0.0169.